The fraction of sp³-hybridized carbons (Fsp3) is 0.167. The zero-order chi connectivity index (χ0) is 17.7. The lowest BCUT2D eigenvalue weighted by atomic mass is 10.2. The summed E-state index contributed by atoms with van der Waals surface area (Å²) in [5.41, 5.74) is 10.7. The Hall–Kier alpha value is -2.93. The highest BCUT2D eigenvalue weighted by Gasteiger charge is 2.26. The van der Waals surface area contributed by atoms with Crippen LogP contribution in [0.2, 0.25) is 0 Å². The number of carbonyl (C=O) groups is 1. The first-order valence-corrected chi connectivity index (χ1v) is 8.70. The van der Waals surface area contributed by atoms with Crippen molar-refractivity contribution in [2.45, 2.75) is 20.8 Å². The third kappa shape index (κ3) is 2.35. The number of carbonyl (C=O) groups excluding carboxylic acids is 1. The number of hydrogen-bond acceptors (Lipinski definition) is 5. The van der Waals surface area contributed by atoms with Gasteiger partial charge >= 0.3 is 0 Å². The molecule has 0 unspecified atom stereocenters. The smallest absolute Gasteiger partial charge is 0.283 e. The molecule has 6 nitrogen and oxygen atoms in total. The number of anilines is 1. The molecule has 0 aliphatic rings. The van der Waals surface area contributed by atoms with Crippen LogP contribution in [0.15, 0.2) is 36.4 Å². The van der Waals surface area contributed by atoms with Crippen molar-refractivity contribution < 1.29 is 4.79 Å². The van der Waals surface area contributed by atoms with Crippen molar-refractivity contribution in [1.82, 2.24) is 19.6 Å². The number of thiophene rings is 1. The lowest BCUT2D eigenvalue weighted by molar-refractivity contribution is 0.0945. The number of fused-ring (bicyclic) bond motifs is 1. The largest absolute Gasteiger partial charge is 0.390 e. The molecule has 2 N–H and O–H groups in total. The second-order valence-corrected chi connectivity index (χ2v) is 7.05. The molecule has 4 rings (SSSR count). The van der Waals surface area contributed by atoms with Crippen LogP contribution in [-0.4, -0.2) is 25.5 Å². The molecule has 4 aromatic rings. The average Bonchev–Trinajstić information content (AvgIpc) is 3.21. The number of hydrogen-bond donors (Lipinski definition) is 1. The molecule has 25 heavy (non-hydrogen) atoms. The fourth-order valence-electron chi connectivity index (χ4n) is 3.04. The van der Waals surface area contributed by atoms with Gasteiger partial charge in [-0.25, -0.2) is 9.36 Å². The van der Waals surface area contributed by atoms with Crippen molar-refractivity contribution in [3.63, 3.8) is 0 Å². The van der Waals surface area contributed by atoms with E-state index in [1.807, 2.05) is 57.2 Å². The molecule has 0 saturated carbocycles. The highest BCUT2D eigenvalue weighted by Crippen LogP contribution is 2.37. The van der Waals surface area contributed by atoms with Crippen LogP contribution in [0.1, 0.15) is 27.4 Å². The van der Waals surface area contributed by atoms with Crippen LogP contribution in [0.5, 0.6) is 0 Å². The number of aryl methyl sites for hydroxylation is 3. The molecule has 0 bridgehead atoms. The second-order valence-electron chi connectivity index (χ2n) is 6.00. The van der Waals surface area contributed by atoms with Crippen molar-refractivity contribution in [2.75, 3.05) is 5.73 Å². The molecular weight excluding hydrogens is 334 g/mol. The number of nitrogens with zero attached hydrogens (tertiary/aromatic N) is 4. The van der Waals surface area contributed by atoms with Gasteiger partial charge in [-0.1, -0.05) is 18.2 Å². The molecule has 0 radical (unpaired) electrons. The topological polar surface area (TPSA) is 78.7 Å². The molecule has 0 aliphatic heterocycles. The van der Waals surface area contributed by atoms with E-state index in [2.05, 4.69) is 10.2 Å². The maximum Gasteiger partial charge on any atom is 0.283 e. The number of benzene rings is 1. The van der Waals surface area contributed by atoms with Gasteiger partial charge in [0.05, 0.1) is 21.8 Å². The Balaban J connectivity index is 2.00. The Kier molecular flexibility index (Phi) is 3.47. The van der Waals surface area contributed by atoms with E-state index >= 15 is 0 Å². The normalized spacial score (nSPS) is 11.3. The predicted molar refractivity (Wildman–Crippen MR) is 99.5 cm³/mol. The standard InChI is InChI=1S/C18H17N5OS/c1-10-9-11(2)22(20-10)18(24)14-15-16(25-17(14)19)12(3)21-23(15)13-7-5-4-6-8-13/h4-9H,19H2,1-3H3. The summed E-state index contributed by atoms with van der Waals surface area (Å²) in [6, 6.07) is 11.6. The Labute approximate surface area is 148 Å². The molecule has 126 valence electrons. The lowest BCUT2D eigenvalue weighted by Crippen LogP contribution is -2.17. The molecule has 0 aliphatic carbocycles. The van der Waals surface area contributed by atoms with E-state index in [0.29, 0.717) is 10.6 Å². The molecule has 0 atom stereocenters. The molecule has 0 spiro atoms. The highest BCUT2D eigenvalue weighted by atomic mass is 32.1. The Morgan fingerprint density at radius 2 is 1.84 bits per heavy atom. The van der Waals surface area contributed by atoms with Crippen LogP contribution in [0.4, 0.5) is 5.00 Å². The van der Waals surface area contributed by atoms with Crippen LogP contribution in [0, 0.1) is 20.8 Å². The van der Waals surface area contributed by atoms with Crippen molar-refractivity contribution in [3.8, 4) is 5.69 Å². The zero-order valence-corrected chi connectivity index (χ0v) is 15.0. The summed E-state index contributed by atoms with van der Waals surface area (Å²) in [6.45, 7) is 5.65. The first kappa shape index (κ1) is 15.6. The predicted octanol–water partition coefficient (Wildman–Crippen LogP) is 3.48. The first-order chi connectivity index (χ1) is 12.0. The van der Waals surface area contributed by atoms with E-state index in [9.17, 15) is 4.79 Å². The molecule has 3 aromatic heterocycles. The third-order valence-electron chi connectivity index (χ3n) is 4.12. The summed E-state index contributed by atoms with van der Waals surface area (Å²) >= 11 is 1.39. The van der Waals surface area contributed by atoms with Gasteiger partial charge in [-0.3, -0.25) is 4.79 Å². The first-order valence-electron chi connectivity index (χ1n) is 7.88. The molecular formula is C18H17N5OS. The van der Waals surface area contributed by atoms with E-state index in [4.69, 9.17) is 5.73 Å². The molecule has 7 heteroatoms. The summed E-state index contributed by atoms with van der Waals surface area (Å²) in [5, 5.41) is 9.41. The van der Waals surface area contributed by atoms with Crippen LogP contribution < -0.4 is 5.73 Å². The minimum absolute atomic E-state index is 0.230. The van der Waals surface area contributed by atoms with E-state index < -0.39 is 0 Å². The van der Waals surface area contributed by atoms with Crippen molar-refractivity contribution in [2.24, 2.45) is 0 Å². The monoisotopic (exact) mass is 351 g/mol. The van der Waals surface area contributed by atoms with Crippen LogP contribution in [0.25, 0.3) is 15.9 Å². The Morgan fingerprint density at radius 1 is 1.12 bits per heavy atom. The Bertz CT molecular complexity index is 1100. The summed E-state index contributed by atoms with van der Waals surface area (Å²) < 4.78 is 4.12. The maximum absolute atomic E-state index is 13.2. The van der Waals surface area contributed by atoms with Gasteiger partial charge in [0.2, 0.25) is 0 Å². The number of para-hydroxylation sites is 1. The number of nitrogens with two attached hydrogens (primary N) is 1. The molecule has 3 heterocycles. The van der Waals surface area contributed by atoms with Gasteiger partial charge in [-0.15, -0.1) is 11.3 Å². The van der Waals surface area contributed by atoms with Gasteiger partial charge in [0.25, 0.3) is 5.91 Å². The van der Waals surface area contributed by atoms with Crippen molar-refractivity contribution in [3.05, 3.63) is 59.0 Å². The molecule has 0 fully saturated rings. The number of nitrogen functional groups attached to an aromatic ring is 1. The molecule has 1 aromatic carbocycles. The lowest BCUT2D eigenvalue weighted by Gasteiger charge is -2.06. The minimum atomic E-state index is -0.230. The fourth-order valence-corrected chi connectivity index (χ4v) is 4.02. The SMILES string of the molecule is Cc1cc(C)n(C(=O)c2c(N)sc3c(C)nn(-c4ccccc4)c23)n1. The van der Waals surface area contributed by atoms with E-state index in [1.54, 1.807) is 4.68 Å². The quantitative estimate of drug-likeness (QED) is 0.600. The van der Waals surface area contributed by atoms with Gasteiger partial charge in [0.15, 0.2) is 0 Å². The van der Waals surface area contributed by atoms with E-state index in [1.165, 1.54) is 16.0 Å². The van der Waals surface area contributed by atoms with Crippen LogP contribution >= 0.6 is 11.3 Å². The maximum atomic E-state index is 13.2. The number of rotatable bonds is 2. The Morgan fingerprint density at radius 3 is 2.48 bits per heavy atom. The number of aromatic nitrogens is 4. The molecule has 0 saturated heterocycles. The summed E-state index contributed by atoms with van der Waals surface area (Å²) in [5.74, 6) is -0.230. The second kappa shape index (κ2) is 5.56. The van der Waals surface area contributed by atoms with Crippen molar-refractivity contribution >= 4 is 32.5 Å². The average molecular weight is 351 g/mol. The van der Waals surface area contributed by atoms with Gasteiger partial charge in [0.1, 0.15) is 16.1 Å². The highest BCUT2D eigenvalue weighted by molar-refractivity contribution is 7.23. The minimum Gasteiger partial charge on any atom is -0.390 e. The van der Waals surface area contributed by atoms with Gasteiger partial charge < -0.3 is 5.73 Å². The summed E-state index contributed by atoms with van der Waals surface area (Å²) in [4.78, 5) is 13.2. The van der Waals surface area contributed by atoms with Gasteiger partial charge in [0, 0.05) is 5.69 Å². The van der Waals surface area contributed by atoms with E-state index in [0.717, 1.165) is 33.0 Å². The zero-order valence-electron chi connectivity index (χ0n) is 14.1. The van der Waals surface area contributed by atoms with Crippen LogP contribution in [-0.2, 0) is 0 Å². The van der Waals surface area contributed by atoms with Gasteiger partial charge in [-0.05, 0) is 39.0 Å². The van der Waals surface area contributed by atoms with Crippen molar-refractivity contribution in [1.29, 1.82) is 0 Å². The summed E-state index contributed by atoms with van der Waals surface area (Å²) in [7, 11) is 0. The molecule has 0 amide bonds. The van der Waals surface area contributed by atoms with Crippen LogP contribution in [0.3, 0.4) is 0 Å². The van der Waals surface area contributed by atoms with E-state index in [-0.39, 0.29) is 5.91 Å². The third-order valence-corrected chi connectivity index (χ3v) is 5.23. The van der Waals surface area contributed by atoms with Gasteiger partial charge in [-0.2, -0.15) is 10.2 Å². The summed E-state index contributed by atoms with van der Waals surface area (Å²) in [6.07, 6.45) is 0.